The van der Waals surface area contributed by atoms with Crippen LogP contribution in [0.2, 0.25) is 0 Å². The summed E-state index contributed by atoms with van der Waals surface area (Å²) in [4.78, 5) is 24.9. The molecule has 2 atom stereocenters. The Bertz CT molecular complexity index is 943. The maximum Gasteiger partial charge on any atom is 0.271 e. The molecule has 1 aliphatic heterocycles. The van der Waals surface area contributed by atoms with Crippen molar-refractivity contribution >= 4 is 23.7 Å². The summed E-state index contributed by atoms with van der Waals surface area (Å²) in [6.07, 6.45) is 1.18. The number of aromatic nitrogens is 2. The molecule has 1 aromatic carbocycles. The summed E-state index contributed by atoms with van der Waals surface area (Å²) in [6, 6.07) is 6.91. The van der Waals surface area contributed by atoms with Gasteiger partial charge in [-0.1, -0.05) is 12.1 Å². The fourth-order valence-electron chi connectivity index (χ4n) is 3.75. The number of amides is 2. The quantitative estimate of drug-likeness (QED) is 0.419. The normalized spacial score (nSPS) is 22.4. The largest absolute Gasteiger partial charge is 0.398 e. The Hall–Kier alpha value is -3.20. The third-order valence-electron chi connectivity index (χ3n) is 5.42. The number of nitrogens with one attached hydrogen (secondary N) is 3. The maximum atomic E-state index is 12.9. The molecule has 5 N–H and O–H groups in total. The van der Waals surface area contributed by atoms with Crippen molar-refractivity contribution in [1.29, 1.82) is 5.41 Å². The Balaban J connectivity index is 1.63. The van der Waals surface area contributed by atoms with Crippen LogP contribution in [0.25, 0.3) is 0 Å². The zero-order valence-corrected chi connectivity index (χ0v) is 15.4. The first kappa shape index (κ1) is 18.2. The van der Waals surface area contributed by atoms with E-state index in [4.69, 9.17) is 15.9 Å². The maximum absolute atomic E-state index is 12.9. The molecule has 1 saturated heterocycles. The summed E-state index contributed by atoms with van der Waals surface area (Å²) in [6.45, 7) is 1.56. The van der Waals surface area contributed by atoms with Crippen LogP contribution < -0.4 is 16.4 Å². The van der Waals surface area contributed by atoms with Crippen molar-refractivity contribution in [2.24, 2.45) is 11.8 Å². The predicted molar refractivity (Wildman–Crippen MR) is 103 cm³/mol. The van der Waals surface area contributed by atoms with Gasteiger partial charge in [-0.05, 0) is 11.6 Å². The summed E-state index contributed by atoms with van der Waals surface area (Å²) >= 11 is 0. The molecule has 9 nitrogen and oxygen atoms in total. The average molecular weight is 382 g/mol. The van der Waals surface area contributed by atoms with E-state index in [0.29, 0.717) is 42.0 Å². The number of fused-ring (bicyclic) bond motifs is 1. The van der Waals surface area contributed by atoms with Crippen LogP contribution in [0.4, 0.5) is 5.69 Å². The summed E-state index contributed by atoms with van der Waals surface area (Å²) in [5, 5.41) is 17.5. The van der Waals surface area contributed by atoms with Gasteiger partial charge in [-0.15, -0.1) is 0 Å². The lowest BCUT2D eigenvalue weighted by Crippen LogP contribution is -2.31. The molecular weight excluding hydrogens is 360 g/mol. The fourth-order valence-corrected chi connectivity index (χ4v) is 3.75. The number of carbonyl (C=O) groups excluding carboxylic acids is 2. The van der Waals surface area contributed by atoms with Gasteiger partial charge in [0.2, 0.25) is 0 Å². The molecule has 2 fully saturated rings. The first-order valence-corrected chi connectivity index (χ1v) is 9.10. The highest BCUT2D eigenvalue weighted by molar-refractivity contribution is 5.98. The molecule has 2 aliphatic rings. The smallest absolute Gasteiger partial charge is 0.271 e. The van der Waals surface area contributed by atoms with Crippen LogP contribution in [-0.2, 0) is 11.3 Å². The second-order valence-corrected chi connectivity index (χ2v) is 7.08. The SMILES string of the molecule is CNC(=O)c1cc(C(=O)NC2C3COCC32)n(Cc2cccc(N)c2C=N)n1. The van der Waals surface area contributed by atoms with E-state index in [1.807, 2.05) is 6.07 Å². The lowest BCUT2D eigenvalue weighted by atomic mass is 10.1. The predicted octanol–water partition coefficient (Wildman–Crippen LogP) is 0.245. The van der Waals surface area contributed by atoms with E-state index in [0.717, 1.165) is 5.56 Å². The van der Waals surface area contributed by atoms with Gasteiger partial charge in [-0.25, -0.2) is 0 Å². The number of benzene rings is 1. The summed E-state index contributed by atoms with van der Waals surface area (Å²) < 4.78 is 6.84. The van der Waals surface area contributed by atoms with Crippen molar-refractivity contribution < 1.29 is 14.3 Å². The topological polar surface area (TPSA) is 135 Å². The molecule has 4 rings (SSSR count). The van der Waals surface area contributed by atoms with Crippen LogP contribution in [0.1, 0.15) is 32.1 Å². The van der Waals surface area contributed by atoms with E-state index in [1.54, 1.807) is 12.1 Å². The van der Waals surface area contributed by atoms with Crippen LogP contribution in [0.15, 0.2) is 24.3 Å². The van der Waals surface area contributed by atoms with Gasteiger partial charge in [0, 0.05) is 48.5 Å². The number of carbonyl (C=O) groups is 2. The Labute approximate surface area is 161 Å². The van der Waals surface area contributed by atoms with Gasteiger partial charge in [0.05, 0.1) is 19.8 Å². The molecule has 2 aromatic rings. The zero-order valence-electron chi connectivity index (χ0n) is 15.4. The van der Waals surface area contributed by atoms with Crippen molar-refractivity contribution in [3.8, 4) is 0 Å². The monoisotopic (exact) mass is 382 g/mol. The first-order chi connectivity index (χ1) is 13.5. The molecule has 0 spiro atoms. The zero-order chi connectivity index (χ0) is 19.8. The van der Waals surface area contributed by atoms with Crippen LogP contribution in [0, 0.1) is 17.2 Å². The van der Waals surface area contributed by atoms with Gasteiger partial charge in [0.1, 0.15) is 5.69 Å². The Morgan fingerprint density at radius 2 is 2.11 bits per heavy atom. The molecule has 0 radical (unpaired) electrons. The fraction of sp³-hybridized carbons (Fsp3) is 0.368. The minimum atomic E-state index is -0.371. The van der Waals surface area contributed by atoms with Gasteiger partial charge in [0.25, 0.3) is 11.8 Å². The van der Waals surface area contributed by atoms with Gasteiger partial charge in [-0.2, -0.15) is 5.10 Å². The van der Waals surface area contributed by atoms with E-state index in [9.17, 15) is 9.59 Å². The lowest BCUT2D eigenvalue weighted by Gasteiger charge is -2.12. The van der Waals surface area contributed by atoms with Crippen LogP contribution in [-0.4, -0.2) is 54.1 Å². The van der Waals surface area contributed by atoms with Gasteiger partial charge >= 0.3 is 0 Å². The number of rotatable bonds is 6. The summed E-state index contributed by atoms with van der Waals surface area (Å²) in [5.41, 5.74) is 8.19. The molecule has 1 aromatic heterocycles. The van der Waals surface area contributed by atoms with Crippen LogP contribution in [0.5, 0.6) is 0 Å². The van der Waals surface area contributed by atoms with Crippen molar-refractivity contribution in [2.45, 2.75) is 12.6 Å². The number of nitrogens with zero attached hydrogens (tertiary/aromatic N) is 2. The van der Waals surface area contributed by atoms with Crippen LogP contribution in [0.3, 0.4) is 0 Å². The average Bonchev–Trinajstić information content (AvgIpc) is 3.07. The second kappa shape index (κ2) is 7.08. The molecule has 28 heavy (non-hydrogen) atoms. The van der Waals surface area contributed by atoms with Gasteiger partial charge < -0.3 is 26.5 Å². The molecule has 1 saturated carbocycles. The van der Waals surface area contributed by atoms with E-state index in [2.05, 4.69) is 15.7 Å². The molecule has 2 unspecified atom stereocenters. The highest BCUT2D eigenvalue weighted by atomic mass is 16.5. The Morgan fingerprint density at radius 3 is 2.79 bits per heavy atom. The summed E-state index contributed by atoms with van der Waals surface area (Å²) in [7, 11) is 1.51. The minimum Gasteiger partial charge on any atom is -0.398 e. The molecule has 1 aliphatic carbocycles. The van der Waals surface area contributed by atoms with Crippen molar-refractivity contribution in [1.82, 2.24) is 20.4 Å². The second-order valence-electron chi connectivity index (χ2n) is 7.08. The Kier molecular flexibility index (Phi) is 4.60. The van der Waals surface area contributed by atoms with Crippen molar-refractivity contribution in [3.63, 3.8) is 0 Å². The number of anilines is 1. The van der Waals surface area contributed by atoms with E-state index in [1.165, 1.54) is 24.0 Å². The molecule has 2 amide bonds. The molecule has 2 heterocycles. The van der Waals surface area contributed by atoms with E-state index in [-0.39, 0.29) is 30.1 Å². The highest BCUT2D eigenvalue weighted by Crippen LogP contribution is 2.44. The van der Waals surface area contributed by atoms with Gasteiger partial charge in [-0.3, -0.25) is 14.3 Å². The number of nitrogens with two attached hydrogens (primary N) is 1. The van der Waals surface area contributed by atoms with Gasteiger partial charge in [0.15, 0.2) is 5.69 Å². The number of hydrogen-bond acceptors (Lipinski definition) is 6. The molecule has 9 heteroatoms. The van der Waals surface area contributed by atoms with E-state index < -0.39 is 0 Å². The standard InChI is InChI=1S/C19H22N6O3/c1-22-18(26)15-5-16(19(27)23-17-12-8-28-9-13(12)17)25(24-15)7-10-3-2-4-14(21)11(10)6-20/h2-6,12-13,17,20H,7-9,21H2,1H3,(H,22,26)(H,23,27). The third kappa shape index (κ3) is 3.13. The minimum absolute atomic E-state index is 0.109. The molecule has 0 bridgehead atoms. The number of nitrogen functional groups attached to an aromatic ring is 1. The van der Waals surface area contributed by atoms with E-state index >= 15 is 0 Å². The highest BCUT2D eigenvalue weighted by Gasteiger charge is 2.55. The molecule has 146 valence electrons. The van der Waals surface area contributed by atoms with Crippen molar-refractivity contribution in [2.75, 3.05) is 26.0 Å². The number of hydrogen-bond donors (Lipinski definition) is 4. The Morgan fingerprint density at radius 1 is 1.36 bits per heavy atom. The number of ether oxygens (including phenoxy) is 1. The third-order valence-corrected chi connectivity index (χ3v) is 5.42. The summed E-state index contributed by atoms with van der Waals surface area (Å²) in [5.74, 6) is 0.0982. The lowest BCUT2D eigenvalue weighted by molar-refractivity contribution is 0.0917. The first-order valence-electron chi connectivity index (χ1n) is 9.10. The molecular formula is C19H22N6O3. The van der Waals surface area contributed by atoms with Crippen molar-refractivity contribution in [3.05, 3.63) is 46.8 Å². The van der Waals surface area contributed by atoms with Crippen LogP contribution >= 0.6 is 0 Å².